The molecule has 1 aromatic rings. The predicted octanol–water partition coefficient (Wildman–Crippen LogP) is -1.96. The summed E-state index contributed by atoms with van der Waals surface area (Å²) in [5.41, 5.74) is 0.588. The van der Waals surface area contributed by atoms with Gasteiger partial charge in [-0.25, -0.2) is 4.98 Å². The van der Waals surface area contributed by atoms with Gasteiger partial charge in [-0.3, -0.25) is 14.4 Å². The van der Waals surface area contributed by atoms with Crippen molar-refractivity contribution in [3.8, 4) is 0 Å². The van der Waals surface area contributed by atoms with E-state index in [2.05, 4.69) is 20.6 Å². The molecule has 4 N–H and O–H groups in total. The van der Waals surface area contributed by atoms with E-state index < -0.39 is 24.6 Å². The zero-order chi connectivity index (χ0) is 14.3. The Morgan fingerprint density at radius 1 is 1.53 bits per heavy atom. The number of hydrogen-bond acceptors (Lipinski definition) is 5. The van der Waals surface area contributed by atoms with E-state index in [0.29, 0.717) is 5.69 Å². The highest BCUT2D eigenvalue weighted by Gasteiger charge is 2.23. The van der Waals surface area contributed by atoms with Crippen LogP contribution in [0.1, 0.15) is 12.6 Å². The molecule has 1 radical (unpaired) electrons. The third-order valence-electron chi connectivity index (χ3n) is 2.30. The fourth-order valence-electron chi connectivity index (χ4n) is 1.45. The monoisotopic (exact) mass is 267 g/mol. The molecule has 0 saturated carbocycles. The minimum Gasteiger partial charge on any atom is -0.394 e. The predicted molar refractivity (Wildman–Crippen MR) is 64.6 cm³/mol. The Bertz CT molecular complexity index is 432. The Morgan fingerprint density at radius 3 is 2.74 bits per heavy atom. The molecule has 1 rings (SSSR count). The molecule has 19 heavy (non-hydrogen) atoms. The highest BCUT2D eigenvalue weighted by molar-refractivity contribution is 5.88. The molecule has 1 heterocycles. The van der Waals surface area contributed by atoms with Crippen LogP contribution in [0.15, 0.2) is 12.5 Å². The van der Waals surface area contributed by atoms with Gasteiger partial charge in [-0.2, -0.15) is 0 Å². The smallest absolute Gasteiger partial charge is 0.243 e. The van der Waals surface area contributed by atoms with E-state index >= 15 is 0 Å². The third kappa shape index (κ3) is 4.88. The summed E-state index contributed by atoms with van der Waals surface area (Å²) in [4.78, 5) is 40.1. The number of aliphatic hydroxyl groups excluding tert-OH is 1. The molecule has 0 spiro atoms. The van der Waals surface area contributed by atoms with E-state index in [9.17, 15) is 14.4 Å². The second-order valence-electron chi connectivity index (χ2n) is 3.88. The first-order valence-corrected chi connectivity index (χ1v) is 5.60. The first kappa shape index (κ1) is 14.8. The largest absolute Gasteiger partial charge is 0.394 e. The van der Waals surface area contributed by atoms with Crippen LogP contribution in [0.5, 0.6) is 0 Å². The molecular formula is C11H15N4O4. The summed E-state index contributed by atoms with van der Waals surface area (Å²) in [6.07, 6.45) is 4.70. The lowest BCUT2D eigenvalue weighted by molar-refractivity contribution is -0.128. The number of nitrogens with one attached hydrogen (secondary N) is 3. The summed E-state index contributed by atoms with van der Waals surface area (Å²) in [5, 5.41) is 13.5. The average Bonchev–Trinajstić information content (AvgIpc) is 2.87. The molecule has 0 fully saturated rings. The Balaban J connectivity index is 2.69. The molecule has 0 saturated heterocycles. The van der Waals surface area contributed by atoms with Crippen LogP contribution in [-0.4, -0.2) is 51.9 Å². The van der Waals surface area contributed by atoms with E-state index in [-0.39, 0.29) is 12.3 Å². The number of aliphatic hydroxyl groups is 1. The minimum atomic E-state index is -1.11. The fourth-order valence-corrected chi connectivity index (χ4v) is 1.45. The fraction of sp³-hybridized carbons (Fsp3) is 0.455. The SMILES string of the molecule is CC(=O)N[C@@H](Cc1c[nH]cn1)C(=O)N[C@H]([C]=O)CO. The topological polar surface area (TPSA) is 124 Å². The summed E-state index contributed by atoms with van der Waals surface area (Å²) >= 11 is 0. The number of H-pyrrole nitrogens is 1. The van der Waals surface area contributed by atoms with Crippen molar-refractivity contribution in [3.63, 3.8) is 0 Å². The lowest BCUT2D eigenvalue weighted by Crippen LogP contribution is -2.51. The zero-order valence-electron chi connectivity index (χ0n) is 10.3. The molecule has 0 aromatic carbocycles. The van der Waals surface area contributed by atoms with Crippen molar-refractivity contribution < 1.29 is 19.5 Å². The summed E-state index contributed by atoms with van der Waals surface area (Å²) in [6.45, 7) is 0.727. The van der Waals surface area contributed by atoms with E-state index in [0.717, 1.165) is 0 Å². The number of carbonyl (C=O) groups excluding carboxylic acids is 3. The Morgan fingerprint density at radius 2 is 2.26 bits per heavy atom. The van der Waals surface area contributed by atoms with E-state index in [1.807, 2.05) is 0 Å². The number of hydrogen-bond donors (Lipinski definition) is 4. The molecule has 0 aliphatic carbocycles. The Hall–Kier alpha value is -2.22. The molecule has 2 amide bonds. The second kappa shape index (κ2) is 7.27. The van der Waals surface area contributed by atoms with Crippen molar-refractivity contribution in [1.29, 1.82) is 0 Å². The van der Waals surface area contributed by atoms with Gasteiger partial charge in [0.2, 0.25) is 18.1 Å². The second-order valence-corrected chi connectivity index (χ2v) is 3.88. The Kier molecular flexibility index (Phi) is 5.68. The van der Waals surface area contributed by atoms with Gasteiger partial charge in [0.25, 0.3) is 0 Å². The minimum absolute atomic E-state index is 0.173. The Labute approximate surface area is 109 Å². The van der Waals surface area contributed by atoms with Gasteiger partial charge in [-0.1, -0.05) is 0 Å². The van der Waals surface area contributed by atoms with Crippen LogP contribution in [0.4, 0.5) is 0 Å². The third-order valence-corrected chi connectivity index (χ3v) is 2.30. The number of aromatic amines is 1. The molecule has 0 unspecified atom stereocenters. The van der Waals surface area contributed by atoms with E-state index in [1.165, 1.54) is 19.5 Å². The zero-order valence-corrected chi connectivity index (χ0v) is 10.3. The molecule has 0 aliphatic heterocycles. The maximum atomic E-state index is 11.9. The maximum absolute atomic E-state index is 11.9. The summed E-state index contributed by atoms with van der Waals surface area (Å²) < 4.78 is 0. The molecule has 0 aliphatic rings. The van der Waals surface area contributed by atoms with Crippen LogP contribution >= 0.6 is 0 Å². The van der Waals surface area contributed by atoms with Crippen LogP contribution in [0.3, 0.4) is 0 Å². The van der Waals surface area contributed by atoms with Gasteiger partial charge in [0, 0.05) is 19.5 Å². The van der Waals surface area contributed by atoms with E-state index in [1.54, 1.807) is 6.20 Å². The van der Waals surface area contributed by atoms with Crippen molar-refractivity contribution in [1.82, 2.24) is 20.6 Å². The van der Waals surface area contributed by atoms with Crippen molar-refractivity contribution in [2.45, 2.75) is 25.4 Å². The highest BCUT2D eigenvalue weighted by atomic mass is 16.3. The first-order valence-electron chi connectivity index (χ1n) is 5.60. The van der Waals surface area contributed by atoms with Crippen LogP contribution in [-0.2, 0) is 20.8 Å². The summed E-state index contributed by atoms with van der Waals surface area (Å²) in [5.74, 6) is -0.966. The van der Waals surface area contributed by atoms with Crippen LogP contribution in [0.25, 0.3) is 0 Å². The number of rotatable bonds is 7. The molecule has 8 heteroatoms. The molecule has 1 aromatic heterocycles. The molecule has 8 nitrogen and oxygen atoms in total. The summed E-state index contributed by atoms with van der Waals surface area (Å²) in [6, 6.07) is -1.98. The molecule has 0 bridgehead atoms. The van der Waals surface area contributed by atoms with Crippen LogP contribution in [0.2, 0.25) is 0 Å². The van der Waals surface area contributed by atoms with Gasteiger partial charge >= 0.3 is 0 Å². The quantitative estimate of drug-likeness (QED) is 0.457. The van der Waals surface area contributed by atoms with Crippen molar-refractivity contribution >= 4 is 18.1 Å². The van der Waals surface area contributed by atoms with Crippen LogP contribution < -0.4 is 10.6 Å². The van der Waals surface area contributed by atoms with Crippen molar-refractivity contribution in [2.24, 2.45) is 0 Å². The number of amides is 2. The van der Waals surface area contributed by atoms with Gasteiger partial charge in [0.15, 0.2) is 0 Å². The molecule has 2 atom stereocenters. The van der Waals surface area contributed by atoms with Gasteiger partial charge in [0.05, 0.1) is 18.6 Å². The number of aromatic nitrogens is 2. The standard InChI is InChI=1S/C11H15N4O4/c1-7(18)14-10(2-8-3-12-6-13-8)11(19)15-9(4-16)5-17/h3,6,9-10,16H,2,4H2,1H3,(H,12,13)(H,14,18)(H,15,19)/t9-,10-/m0/s1. The number of carbonyl (C=O) groups is 2. The molecular weight excluding hydrogens is 252 g/mol. The lowest BCUT2D eigenvalue weighted by atomic mass is 10.1. The maximum Gasteiger partial charge on any atom is 0.243 e. The molecule has 103 valence electrons. The summed E-state index contributed by atoms with van der Waals surface area (Å²) in [7, 11) is 0. The van der Waals surface area contributed by atoms with Crippen molar-refractivity contribution in [2.75, 3.05) is 6.61 Å². The first-order chi connectivity index (χ1) is 9.06. The normalized spacial score (nSPS) is 13.4. The van der Waals surface area contributed by atoms with Gasteiger partial charge in [-0.05, 0) is 0 Å². The number of imidazole rings is 1. The highest BCUT2D eigenvalue weighted by Crippen LogP contribution is 1.99. The van der Waals surface area contributed by atoms with Crippen LogP contribution in [0, 0.1) is 0 Å². The van der Waals surface area contributed by atoms with Gasteiger partial charge < -0.3 is 20.7 Å². The van der Waals surface area contributed by atoms with Crippen molar-refractivity contribution in [3.05, 3.63) is 18.2 Å². The average molecular weight is 267 g/mol. The number of nitrogens with zero attached hydrogens (tertiary/aromatic N) is 1. The lowest BCUT2D eigenvalue weighted by Gasteiger charge is -2.18. The van der Waals surface area contributed by atoms with Gasteiger partial charge in [0.1, 0.15) is 12.1 Å². The van der Waals surface area contributed by atoms with E-state index in [4.69, 9.17) is 5.11 Å². The van der Waals surface area contributed by atoms with Gasteiger partial charge in [-0.15, -0.1) is 0 Å².